The lowest BCUT2D eigenvalue weighted by Crippen LogP contribution is -1.95. The van der Waals surface area contributed by atoms with Gasteiger partial charge in [-0.15, -0.1) is 0 Å². The van der Waals surface area contributed by atoms with Crippen LogP contribution in [0.1, 0.15) is 22.0 Å². The number of carbonyl (C=O) groups is 1. The van der Waals surface area contributed by atoms with Gasteiger partial charge in [0.05, 0.1) is 5.56 Å². The number of rotatable bonds is 2. The van der Waals surface area contributed by atoms with Crippen LogP contribution in [0, 0.1) is 0 Å². The number of carboxylic acid groups (broad SMARTS) is 1. The number of carboxylic acids is 1. The standard InChI is InChI=1S/C9H9NO2/c11-9(12)7-3-1-6(2-4-7)8-5-10-8/h1-4,8,10H,5H2,(H,11,12). The minimum Gasteiger partial charge on any atom is -0.478 e. The molecule has 1 fully saturated rings. The summed E-state index contributed by atoms with van der Waals surface area (Å²) in [6.07, 6.45) is 0. The van der Waals surface area contributed by atoms with E-state index in [0.717, 1.165) is 6.54 Å². The lowest BCUT2D eigenvalue weighted by atomic mass is 10.1. The average Bonchev–Trinajstić information content (AvgIpc) is 2.87. The van der Waals surface area contributed by atoms with E-state index in [-0.39, 0.29) is 0 Å². The molecule has 2 N–H and O–H groups in total. The molecule has 1 aliphatic rings. The van der Waals surface area contributed by atoms with E-state index in [1.165, 1.54) is 5.56 Å². The molecular formula is C9H9NO2. The van der Waals surface area contributed by atoms with Gasteiger partial charge in [-0.25, -0.2) is 4.79 Å². The summed E-state index contributed by atoms with van der Waals surface area (Å²) in [5.74, 6) is -0.870. The molecule has 0 aliphatic carbocycles. The van der Waals surface area contributed by atoms with Gasteiger partial charge >= 0.3 is 5.97 Å². The summed E-state index contributed by atoms with van der Waals surface area (Å²) in [7, 11) is 0. The molecule has 0 radical (unpaired) electrons. The van der Waals surface area contributed by atoms with E-state index in [0.29, 0.717) is 11.6 Å². The van der Waals surface area contributed by atoms with Gasteiger partial charge in [0, 0.05) is 12.6 Å². The Morgan fingerprint density at radius 3 is 2.42 bits per heavy atom. The summed E-state index contributed by atoms with van der Waals surface area (Å²) < 4.78 is 0. The number of hydrogen-bond donors (Lipinski definition) is 2. The van der Waals surface area contributed by atoms with Crippen molar-refractivity contribution < 1.29 is 9.90 Å². The van der Waals surface area contributed by atoms with Gasteiger partial charge in [0.1, 0.15) is 0 Å². The van der Waals surface area contributed by atoms with Crippen LogP contribution >= 0.6 is 0 Å². The van der Waals surface area contributed by atoms with Gasteiger partial charge in [0.25, 0.3) is 0 Å². The van der Waals surface area contributed by atoms with Crippen molar-refractivity contribution in [1.82, 2.24) is 5.32 Å². The molecule has 1 unspecified atom stereocenters. The molecule has 1 saturated heterocycles. The fourth-order valence-electron chi connectivity index (χ4n) is 1.15. The first-order valence-corrected chi connectivity index (χ1v) is 3.84. The summed E-state index contributed by atoms with van der Waals surface area (Å²) >= 11 is 0. The van der Waals surface area contributed by atoms with E-state index in [1.54, 1.807) is 12.1 Å². The SMILES string of the molecule is O=C(O)c1ccc(C2CN2)cc1. The normalized spacial score (nSPS) is 20.5. The van der Waals surface area contributed by atoms with E-state index in [4.69, 9.17) is 5.11 Å². The molecule has 1 heterocycles. The summed E-state index contributed by atoms with van der Waals surface area (Å²) in [6, 6.07) is 7.44. The van der Waals surface area contributed by atoms with Crippen LogP contribution in [0.15, 0.2) is 24.3 Å². The molecule has 62 valence electrons. The highest BCUT2D eigenvalue weighted by molar-refractivity contribution is 5.87. The van der Waals surface area contributed by atoms with Gasteiger partial charge in [-0.3, -0.25) is 0 Å². The molecule has 0 saturated carbocycles. The van der Waals surface area contributed by atoms with E-state index >= 15 is 0 Å². The zero-order valence-electron chi connectivity index (χ0n) is 6.45. The van der Waals surface area contributed by atoms with E-state index in [9.17, 15) is 4.79 Å². The number of benzene rings is 1. The van der Waals surface area contributed by atoms with Gasteiger partial charge in [-0.2, -0.15) is 0 Å². The highest BCUT2D eigenvalue weighted by Crippen LogP contribution is 2.21. The minimum absolute atomic E-state index is 0.347. The largest absolute Gasteiger partial charge is 0.478 e. The highest BCUT2D eigenvalue weighted by Gasteiger charge is 2.21. The number of hydrogen-bond acceptors (Lipinski definition) is 2. The Morgan fingerprint density at radius 2 is 2.00 bits per heavy atom. The fourth-order valence-corrected chi connectivity index (χ4v) is 1.15. The summed E-state index contributed by atoms with van der Waals surface area (Å²) in [5.41, 5.74) is 1.51. The van der Waals surface area contributed by atoms with Crippen molar-refractivity contribution in [1.29, 1.82) is 0 Å². The first-order chi connectivity index (χ1) is 5.77. The maximum absolute atomic E-state index is 10.5. The van der Waals surface area contributed by atoms with E-state index in [2.05, 4.69) is 5.32 Å². The molecule has 1 aromatic carbocycles. The van der Waals surface area contributed by atoms with Crippen LogP contribution in [0.4, 0.5) is 0 Å². The third-order valence-electron chi connectivity index (χ3n) is 1.97. The first kappa shape index (κ1) is 7.31. The molecule has 2 rings (SSSR count). The predicted octanol–water partition coefficient (Wildman–Crippen LogP) is 1.03. The van der Waals surface area contributed by atoms with Crippen LogP contribution < -0.4 is 5.32 Å². The third-order valence-corrected chi connectivity index (χ3v) is 1.97. The van der Waals surface area contributed by atoms with E-state index in [1.807, 2.05) is 12.1 Å². The van der Waals surface area contributed by atoms with Crippen molar-refractivity contribution >= 4 is 5.97 Å². The summed E-state index contributed by atoms with van der Waals surface area (Å²) in [5, 5.41) is 11.8. The molecule has 12 heavy (non-hydrogen) atoms. The van der Waals surface area contributed by atoms with Crippen molar-refractivity contribution in [2.75, 3.05) is 6.54 Å². The van der Waals surface area contributed by atoms with Gasteiger partial charge < -0.3 is 10.4 Å². The third kappa shape index (κ3) is 1.31. The van der Waals surface area contributed by atoms with Crippen LogP contribution in [0.5, 0.6) is 0 Å². The van der Waals surface area contributed by atoms with Gasteiger partial charge in [-0.05, 0) is 17.7 Å². The Kier molecular flexibility index (Phi) is 1.59. The first-order valence-electron chi connectivity index (χ1n) is 3.84. The zero-order chi connectivity index (χ0) is 8.55. The Hall–Kier alpha value is -1.35. The lowest BCUT2D eigenvalue weighted by molar-refractivity contribution is 0.0697. The maximum atomic E-state index is 10.5. The van der Waals surface area contributed by atoms with Gasteiger partial charge in [-0.1, -0.05) is 12.1 Å². The minimum atomic E-state index is -0.870. The molecule has 0 spiro atoms. The topological polar surface area (TPSA) is 59.2 Å². The zero-order valence-corrected chi connectivity index (χ0v) is 6.45. The lowest BCUT2D eigenvalue weighted by Gasteiger charge is -1.96. The summed E-state index contributed by atoms with van der Waals surface area (Å²) in [4.78, 5) is 10.5. The second kappa shape index (κ2) is 2.60. The van der Waals surface area contributed by atoms with Crippen molar-refractivity contribution in [3.8, 4) is 0 Å². The van der Waals surface area contributed by atoms with Crippen LogP contribution in [0.2, 0.25) is 0 Å². The fraction of sp³-hybridized carbons (Fsp3) is 0.222. The van der Waals surface area contributed by atoms with E-state index < -0.39 is 5.97 Å². The molecule has 0 bridgehead atoms. The highest BCUT2D eigenvalue weighted by atomic mass is 16.4. The van der Waals surface area contributed by atoms with Crippen molar-refractivity contribution in [2.24, 2.45) is 0 Å². The van der Waals surface area contributed by atoms with Crippen LogP contribution in [-0.2, 0) is 0 Å². The van der Waals surface area contributed by atoms with Gasteiger partial charge in [0.2, 0.25) is 0 Å². The Bertz CT molecular complexity index is 301. The smallest absolute Gasteiger partial charge is 0.335 e. The Balaban J connectivity index is 2.24. The Labute approximate surface area is 70.0 Å². The van der Waals surface area contributed by atoms with Crippen molar-refractivity contribution in [3.63, 3.8) is 0 Å². The monoisotopic (exact) mass is 163 g/mol. The second-order valence-electron chi connectivity index (χ2n) is 2.89. The molecule has 1 aromatic rings. The number of aromatic carboxylic acids is 1. The molecular weight excluding hydrogens is 154 g/mol. The van der Waals surface area contributed by atoms with Crippen LogP contribution in [-0.4, -0.2) is 17.6 Å². The predicted molar refractivity (Wildman–Crippen MR) is 44.1 cm³/mol. The van der Waals surface area contributed by atoms with Gasteiger partial charge in [0.15, 0.2) is 0 Å². The Morgan fingerprint density at radius 1 is 1.42 bits per heavy atom. The van der Waals surface area contributed by atoms with Crippen LogP contribution in [0.3, 0.4) is 0 Å². The molecule has 0 amide bonds. The van der Waals surface area contributed by atoms with Crippen molar-refractivity contribution in [2.45, 2.75) is 6.04 Å². The quantitative estimate of drug-likeness (QED) is 0.640. The molecule has 3 heteroatoms. The maximum Gasteiger partial charge on any atom is 0.335 e. The number of nitrogens with one attached hydrogen (secondary N) is 1. The summed E-state index contributed by atoms with van der Waals surface area (Å²) in [6.45, 7) is 1.01. The second-order valence-corrected chi connectivity index (χ2v) is 2.89. The molecule has 3 nitrogen and oxygen atoms in total. The average molecular weight is 163 g/mol. The molecule has 1 aliphatic heterocycles. The molecule has 1 atom stereocenters. The molecule has 0 aromatic heterocycles. The van der Waals surface area contributed by atoms with Crippen LogP contribution in [0.25, 0.3) is 0 Å². The van der Waals surface area contributed by atoms with Crippen molar-refractivity contribution in [3.05, 3.63) is 35.4 Å².